The van der Waals surface area contributed by atoms with Crippen molar-refractivity contribution < 1.29 is 13.0 Å². The minimum absolute atomic E-state index is 0. The molecule has 0 unspecified atom stereocenters. The molecule has 0 aromatic heterocycles. The van der Waals surface area contributed by atoms with E-state index in [9.17, 15) is 8.42 Å². The maximum absolute atomic E-state index is 10.6. The molecule has 1 aromatic rings. The Morgan fingerprint density at radius 2 is 2.00 bits per heavy atom. The van der Waals surface area contributed by atoms with Crippen molar-refractivity contribution in [2.75, 3.05) is 0 Å². The monoisotopic (exact) mass is 355 g/mol. The molecule has 0 saturated carbocycles. The molecular weight excluding hydrogens is 349 g/mol. The van der Waals surface area contributed by atoms with E-state index in [0.717, 1.165) is 3.57 Å². The van der Waals surface area contributed by atoms with E-state index in [4.69, 9.17) is 16.2 Å². The zero-order valence-electron chi connectivity index (χ0n) is 7.37. The SMILES string of the molecule is O=S(=O)(O)Cc1cc(I)ccc1Cl.[Na]. The molecule has 0 spiro atoms. The topological polar surface area (TPSA) is 54.4 Å². The summed E-state index contributed by atoms with van der Waals surface area (Å²) < 4.78 is 30.6. The van der Waals surface area contributed by atoms with Gasteiger partial charge in [0.1, 0.15) is 5.75 Å². The predicted octanol–water partition coefficient (Wildman–Crippen LogP) is 1.95. The van der Waals surface area contributed by atoms with Crippen LogP contribution >= 0.6 is 34.2 Å². The molecule has 1 radical (unpaired) electrons. The Labute approximate surface area is 123 Å². The summed E-state index contributed by atoms with van der Waals surface area (Å²) in [7, 11) is -4.00. The second kappa shape index (κ2) is 6.03. The molecule has 3 nitrogen and oxygen atoms in total. The van der Waals surface area contributed by atoms with Crippen LogP contribution in [0.15, 0.2) is 18.2 Å². The Kier molecular flexibility index (Phi) is 6.52. The molecule has 0 saturated heterocycles. The van der Waals surface area contributed by atoms with Gasteiger partial charge >= 0.3 is 0 Å². The fourth-order valence-electron chi connectivity index (χ4n) is 0.850. The summed E-state index contributed by atoms with van der Waals surface area (Å²) in [5.74, 6) is -0.442. The van der Waals surface area contributed by atoms with E-state index in [1.165, 1.54) is 0 Å². The van der Waals surface area contributed by atoms with E-state index in [1.54, 1.807) is 18.2 Å². The van der Waals surface area contributed by atoms with E-state index < -0.39 is 15.9 Å². The molecule has 0 bridgehead atoms. The van der Waals surface area contributed by atoms with Crippen molar-refractivity contribution >= 4 is 73.9 Å². The molecule has 1 N–H and O–H groups in total. The molecule has 0 heterocycles. The van der Waals surface area contributed by atoms with Gasteiger partial charge in [-0.05, 0) is 46.4 Å². The zero-order chi connectivity index (χ0) is 10.1. The zero-order valence-corrected chi connectivity index (χ0v) is 13.1. The number of halogens is 2. The Morgan fingerprint density at radius 1 is 1.43 bits per heavy atom. The summed E-state index contributed by atoms with van der Waals surface area (Å²) in [5, 5.41) is 0.345. The Morgan fingerprint density at radius 3 is 2.50 bits per heavy atom. The average Bonchev–Trinajstić information content (AvgIpc) is 1.94. The molecule has 1 aromatic carbocycles. The maximum Gasteiger partial charge on any atom is 0.269 e. The first kappa shape index (κ1) is 15.2. The third kappa shape index (κ3) is 5.29. The van der Waals surface area contributed by atoms with Crippen molar-refractivity contribution in [1.29, 1.82) is 0 Å². The second-order valence-electron chi connectivity index (χ2n) is 2.46. The van der Waals surface area contributed by atoms with E-state index in [1.807, 2.05) is 22.6 Å². The molecule has 1 rings (SSSR count). The first-order valence-electron chi connectivity index (χ1n) is 3.27. The minimum Gasteiger partial charge on any atom is -0.285 e. The Hall–Kier alpha value is 1.15. The largest absolute Gasteiger partial charge is 0.285 e. The molecule has 0 aliphatic rings. The predicted molar refractivity (Wildman–Crippen MR) is 65.2 cm³/mol. The van der Waals surface area contributed by atoms with Crippen molar-refractivity contribution in [3.05, 3.63) is 32.4 Å². The molecule has 7 heteroatoms. The maximum atomic E-state index is 10.6. The van der Waals surface area contributed by atoms with Crippen molar-refractivity contribution in [2.24, 2.45) is 0 Å². The first-order chi connectivity index (χ1) is 5.88. The van der Waals surface area contributed by atoms with Gasteiger partial charge in [0, 0.05) is 38.2 Å². The van der Waals surface area contributed by atoms with Crippen LogP contribution in [0.3, 0.4) is 0 Å². The van der Waals surface area contributed by atoms with E-state index >= 15 is 0 Å². The third-order valence-electron chi connectivity index (χ3n) is 1.35. The number of benzene rings is 1. The average molecular weight is 356 g/mol. The molecule has 14 heavy (non-hydrogen) atoms. The molecule has 0 fully saturated rings. The van der Waals surface area contributed by atoms with Crippen molar-refractivity contribution in [2.45, 2.75) is 5.75 Å². The van der Waals surface area contributed by atoms with Gasteiger partial charge in [0.25, 0.3) is 10.1 Å². The fourth-order valence-corrected chi connectivity index (χ4v) is 2.30. The van der Waals surface area contributed by atoms with Crippen LogP contribution in [-0.4, -0.2) is 42.5 Å². The van der Waals surface area contributed by atoms with Gasteiger partial charge in [0.15, 0.2) is 0 Å². The normalized spacial score (nSPS) is 10.8. The van der Waals surface area contributed by atoms with Gasteiger partial charge in [-0.15, -0.1) is 0 Å². The van der Waals surface area contributed by atoms with Gasteiger partial charge in [0.2, 0.25) is 0 Å². The molecule has 0 amide bonds. The van der Waals surface area contributed by atoms with Gasteiger partial charge in [-0.2, -0.15) is 8.42 Å². The molecule has 0 atom stereocenters. The standard InChI is InChI=1S/C7H6ClIO3S.Na/c8-7-2-1-6(9)3-5(7)4-13(10,11)12;/h1-3H,4H2,(H,10,11,12);. The molecule has 0 aliphatic carbocycles. The molecular formula is C7H6ClINaO3S. The van der Waals surface area contributed by atoms with Crippen LogP contribution in [-0.2, 0) is 15.9 Å². The van der Waals surface area contributed by atoms with Crippen molar-refractivity contribution in [3.8, 4) is 0 Å². The smallest absolute Gasteiger partial charge is 0.269 e. The van der Waals surface area contributed by atoms with Gasteiger partial charge < -0.3 is 0 Å². The summed E-state index contributed by atoms with van der Waals surface area (Å²) in [6.07, 6.45) is 0. The van der Waals surface area contributed by atoms with Crippen molar-refractivity contribution in [1.82, 2.24) is 0 Å². The van der Waals surface area contributed by atoms with Gasteiger partial charge in [0.05, 0.1) is 0 Å². The van der Waals surface area contributed by atoms with E-state index in [0.29, 0.717) is 10.6 Å². The summed E-state index contributed by atoms with van der Waals surface area (Å²) in [5.41, 5.74) is 0.413. The third-order valence-corrected chi connectivity index (χ3v) is 3.06. The summed E-state index contributed by atoms with van der Waals surface area (Å²) in [6, 6.07) is 4.98. The molecule has 0 aliphatic heterocycles. The summed E-state index contributed by atoms with van der Waals surface area (Å²) in [4.78, 5) is 0. The van der Waals surface area contributed by atoms with Gasteiger partial charge in [-0.1, -0.05) is 11.6 Å². The number of hydrogen-bond acceptors (Lipinski definition) is 2. The van der Waals surface area contributed by atoms with Gasteiger partial charge in [-0.25, -0.2) is 0 Å². The number of rotatable bonds is 2. The number of hydrogen-bond donors (Lipinski definition) is 1. The quantitative estimate of drug-likeness (QED) is 0.501. The minimum atomic E-state index is -4.00. The van der Waals surface area contributed by atoms with Crippen LogP contribution in [0, 0.1) is 3.57 Å². The van der Waals surface area contributed by atoms with Gasteiger partial charge in [-0.3, -0.25) is 4.55 Å². The summed E-state index contributed by atoms with van der Waals surface area (Å²) >= 11 is 7.76. The Balaban J connectivity index is 0.00000169. The molecule has 73 valence electrons. The van der Waals surface area contributed by atoms with Crippen molar-refractivity contribution in [3.63, 3.8) is 0 Å². The van der Waals surface area contributed by atoms with Crippen LogP contribution in [0.1, 0.15) is 5.56 Å². The van der Waals surface area contributed by atoms with E-state index in [2.05, 4.69) is 0 Å². The second-order valence-corrected chi connectivity index (χ2v) is 5.57. The van der Waals surface area contributed by atoms with Crippen LogP contribution in [0.5, 0.6) is 0 Å². The van der Waals surface area contributed by atoms with Crippen LogP contribution in [0.4, 0.5) is 0 Å². The van der Waals surface area contributed by atoms with Crippen LogP contribution in [0.2, 0.25) is 5.02 Å². The van der Waals surface area contributed by atoms with E-state index in [-0.39, 0.29) is 29.6 Å². The first-order valence-corrected chi connectivity index (χ1v) is 6.34. The fraction of sp³-hybridized carbons (Fsp3) is 0.143. The Bertz CT molecular complexity index is 421. The van der Waals surface area contributed by atoms with Crippen LogP contribution in [0.25, 0.3) is 0 Å². The summed E-state index contributed by atoms with van der Waals surface area (Å²) in [6.45, 7) is 0. The van der Waals surface area contributed by atoms with Crippen LogP contribution < -0.4 is 0 Å².